The van der Waals surface area contributed by atoms with Crippen molar-refractivity contribution in [1.29, 1.82) is 0 Å². The van der Waals surface area contributed by atoms with E-state index in [2.05, 4.69) is 17.4 Å². The molecule has 0 saturated carbocycles. The zero-order valence-electron chi connectivity index (χ0n) is 20.9. The molecule has 0 spiro atoms. The number of hydrogen-bond acceptors (Lipinski definition) is 6. The van der Waals surface area contributed by atoms with Crippen LogP contribution in [-0.2, 0) is 20.7 Å². The Morgan fingerprint density at radius 2 is 1.76 bits per heavy atom. The van der Waals surface area contributed by atoms with E-state index in [0.717, 1.165) is 12.8 Å². The molecule has 0 radical (unpaired) electrons. The fourth-order valence-corrected chi connectivity index (χ4v) is 5.23. The Balaban J connectivity index is 1.53. The van der Waals surface area contributed by atoms with Gasteiger partial charge in [0, 0.05) is 13.0 Å². The Kier molecular flexibility index (Phi) is 9.56. The topological polar surface area (TPSA) is 88.1 Å². The first-order chi connectivity index (χ1) is 18.4. The molecule has 1 heterocycles. The van der Waals surface area contributed by atoms with Crippen molar-refractivity contribution < 1.29 is 19.1 Å². The number of halogens is 1. The number of amides is 2. The molecular weight excluding hydrogens is 522 g/mol. The lowest BCUT2D eigenvalue weighted by Gasteiger charge is -2.32. The van der Waals surface area contributed by atoms with Crippen molar-refractivity contribution in [3.63, 3.8) is 0 Å². The Hall–Kier alpha value is -3.62. The summed E-state index contributed by atoms with van der Waals surface area (Å²) in [5.41, 5.74) is 2.66. The van der Waals surface area contributed by atoms with Crippen LogP contribution >= 0.6 is 23.4 Å². The van der Waals surface area contributed by atoms with Gasteiger partial charge in [0.1, 0.15) is 5.25 Å². The SMILES string of the molecule is CCOC(=O)c1ccc(N=C2SC(C(=O)Nc3ccccc3Cl)CC(=O)N2CCCc2ccccc2)cc1. The molecule has 7 nitrogen and oxygen atoms in total. The molecule has 3 aromatic carbocycles. The van der Waals surface area contributed by atoms with Crippen LogP contribution in [0.4, 0.5) is 11.4 Å². The van der Waals surface area contributed by atoms with E-state index in [1.165, 1.54) is 17.3 Å². The third kappa shape index (κ3) is 7.24. The fourth-order valence-electron chi connectivity index (χ4n) is 3.92. The zero-order valence-corrected chi connectivity index (χ0v) is 22.5. The van der Waals surface area contributed by atoms with Gasteiger partial charge in [0.25, 0.3) is 0 Å². The van der Waals surface area contributed by atoms with Gasteiger partial charge < -0.3 is 10.1 Å². The van der Waals surface area contributed by atoms with Gasteiger partial charge in [0.2, 0.25) is 11.8 Å². The Morgan fingerprint density at radius 3 is 2.47 bits per heavy atom. The Bertz CT molecular complexity index is 1310. The summed E-state index contributed by atoms with van der Waals surface area (Å²) in [6.45, 7) is 2.51. The smallest absolute Gasteiger partial charge is 0.338 e. The van der Waals surface area contributed by atoms with E-state index in [-0.39, 0.29) is 24.8 Å². The Morgan fingerprint density at radius 1 is 1.05 bits per heavy atom. The highest BCUT2D eigenvalue weighted by Gasteiger charge is 2.36. The molecule has 0 aromatic heterocycles. The summed E-state index contributed by atoms with van der Waals surface area (Å²) >= 11 is 7.45. The highest BCUT2D eigenvalue weighted by molar-refractivity contribution is 8.15. The van der Waals surface area contributed by atoms with Crippen molar-refractivity contribution in [1.82, 2.24) is 4.90 Å². The summed E-state index contributed by atoms with van der Waals surface area (Å²) in [6, 6.07) is 23.7. The van der Waals surface area contributed by atoms with Crippen LogP contribution in [0.15, 0.2) is 83.9 Å². The second-order valence-corrected chi connectivity index (χ2v) is 10.2. The number of thioether (sulfide) groups is 1. The number of amidine groups is 1. The van der Waals surface area contributed by atoms with E-state index < -0.39 is 11.2 Å². The molecule has 1 saturated heterocycles. The van der Waals surface area contributed by atoms with Crippen molar-refractivity contribution in [2.45, 2.75) is 31.4 Å². The molecule has 1 N–H and O–H groups in total. The minimum absolute atomic E-state index is 0.0487. The normalized spacial score (nSPS) is 16.4. The van der Waals surface area contributed by atoms with E-state index in [4.69, 9.17) is 21.3 Å². The first kappa shape index (κ1) is 27.4. The van der Waals surface area contributed by atoms with Crippen molar-refractivity contribution >= 4 is 57.7 Å². The van der Waals surface area contributed by atoms with E-state index in [9.17, 15) is 14.4 Å². The minimum atomic E-state index is -0.665. The maximum Gasteiger partial charge on any atom is 0.338 e. The molecule has 0 aliphatic carbocycles. The highest BCUT2D eigenvalue weighted by Crippen LogP contribution is 2.31. The quantitative estimate of drug-likeness (QED) is 0.325. The van der Waals surface area contributed by atoms with Gasteiger partial charge in [0.15, 0.2) is 5.17 Å². The number of carbonyl (C=O) groups is 3. The lowest BCUT2D eigenvalue weighted by atomic mass is 10.1. The molecule has 1 aliphatic heterocycles. The van der Waals surface area contributed by atoms with Crippen LogP contribution in [0.5, 0.6) is 0 Å². The number of benzene rings is 3. The average molecular weight is 550 g/mol. The number of carbonyl (C=O) groups excluding carboxylic acids is 3. The maximum absolute atomic E-state index is 13.3. The molecule has 4 rings (SSSR count). The second-order valence-electron chi connectivity index (χ2n) is 8.58. The van der Waals surface area contributed by atoms with Crippen molar-refractivity contribution in [2.75, 3.05) is 18.5 Å². The standard InChI is InChI=1S/C29H28ClN3O4S/c1-2-37-28(36)21-14-16-22(17-15-21)31-29-33(18-8-11-20-9-4-3-5-10-20)26(34)19-25(38-29)27(35)32-24-13-7-6-12-23(24)30/h3-7,9-10,12-17,25H,2,8,11,18-19H2,1H3,(H,32,35). The van der Waals surface area contributed by atoms with E-state index >= 15 is 0 Å². The van der Waals surface area contributed by atoms with E-state index in [1.54, 1.807) is 60.4 Å². The molecule has 1 aliphatic rings. The summed E-state index contributed by atoms with van der Waals surface area (Å²) in [6.07, 6.45) is 1.61. The summed E-state index contributed by atoms with van der Waals surface area (Å²) < 4.78 is 5.04. The van der Waals surface area contributed by atoms with Gasteiger partial charge in [-0.25, -0.2) is 9.79 Å². The number of aliphatic imine (C=N–C) groups is 1. The van der Waals surface area contributed by atoms with Gasteiger partial charge in [-0.2, -0.15) is 0 Å². The second kappa shape index (κ2) is 13.3. The molecule has 0 bridgehead atoms. The van der Waals surface area contributed by atoms with Crippen LogP contribution in [0.3, 0.4) is 0 Å². The number of anilines is 1. The van der Waals surface area contributed by atoms with Gasteiger partial charge in [0.05, 0.1) is 28.6 Å². The van der Waals surface area contributed by atoms with Crippen LogP contribution in [0.25, 0.3) is 0 Å². The lowest BCUT2D eigenvalue weighted by molar-refractivity contribution is -0.129. The zero-order chi connectivity index (χ0) is 26.9. The number of hydrogen-bond donors (Lipinski definition) is 1. The van der Waals surface area contributed by atoms with E-state index in [1.807, 2.05) is 18.2 Å². The summed E-state index contributed by atoms with van der Waals surface area (Å²) in [5.74, 6) is -0.892. The molecule has 3 aromatic rings. The fraction of sp³-hybridized carbons (Fsp3) is 0.241. The van der Waals surface area contributed by atoms with Crippen LogP contribution in [0, 0.1) is 0 Å². The third-order valence-electron chi connectivity index (χ3n) is 5.86. The number of nitrogens with one attached hydrogen (secondary N) is 1. The van der Waals surface area contributed by atoms with Gasteiger partial charge in [-0.05, 0) is 61.7 Å². The molecule has 2 amide bonds. The molecule has 1 unspecified atom stereocenters. The highest BCUT2D eigenvalue weighted by atomic mass is 35.5. The van der Waals surface area contributed by atoms with Crippen LogP contribution in [-0.4, -0.2) is 46.3 Å². The molecule has 1 atom stereocenters. The van der Waals surface area contributed by atoms with Crippen molar-refractivity contribution in [3.05, 3.63) is 95.0 Å². The number of para-hydroxylation sites is 1. The third-order valence-corrected chi connectivity index (χ3v) is 7.37. The number of nitrogens with zero attached hydrogens (tertiary/aromatic N) is 2. The van der Waals surface area contributed by atoms with Crippen molar-refractivity contribution in [2.24, 2.45) is 4.99 Å². The van der Waals surface area contributed by atoms with Gasteiger partial charge in [-0.3, -0.25) is 14.5 Å². The first-order valence-corrected chi connectivity index (χ1v) is 13.6. The van der Waals surface area contributed by atoms with Crippen LogP contribution < -0.4 is 5.32 Å². The largest absolute Gasteiger partial charge is 0.462 e. The lowest BCUT2D eigenvalue weighted by Crippen LogP contribution is -2.45. The molecule has 196 valence electrons. The number of rotatable bonds is 9. The number of aryl methyl sites for hydroxylation is 1. The monoisotopic (exact) mass is 549 g/mol. The summed E-state index contributed by atoms with van der Waals surface area (Å²) in [7, 11) is 0. The first-order valence-electron chi connectivity index (χ1n) is 12.4. The van der Waals surface area contributed by atoms with Gasteiger partial charge >= 0.3 is 5.97 Å². The number of ether oxygens (including phenoxy) is 1. The predicted molar refractivity (Wildman–Crippen MR) is 152 cm³/mol. The van der Waals surface area contributed by atoms with Gasteiger partial charge in [-0.1, -0.05) is 65.8 Å². The summed E-state index contributed by atoms with van der Waals surface area (Å²) in [4.78, 5) is 44.7. The van der Waals surface area contributed by atoms with Crippen LogP contribution in [0.2, 0.25) is 5.02 Å². The Labute approximate surface area is 231 Å². The number of esters is 1. The molecular formula is C29H28ClN3O4S. The van der Waals surface area contributed by atoms with Crippen molar-refractivity contribution in [3.8, 4) is 0 Å². The maximum atomic E-state index is 13.3. The minimum Gasteiger partial charge on any atom is -0.462 e. The molecule has 38 heavy (non-hydrogen) atoms. The van der Waals surface area contributed by atoms with Crippen LogP contribution in [0.1, 0.15) is 35.7 Å². The molecule has 1 fully saturated rings. The molecule has 9 heteroatoms. The average Bonchev–Trinajstić information content (AvgIpc) is 2.92. The predicted octanol–water partition coefficient (Wildman–Crippen LogP) is 6.11. The van der Waals surface area contributed by atoms with E-state index in [0.29, 0.717) is 33.7 Å². The van der Waals surface area contributed by atoms with Gasteiger partial charge in [-0.15, -0.1) is 0 Å². The summed E-state index contributed by atoms with van der Waals surface area (Å²) in [5, 5.41) is 3.03.